The standard InChI is InChI=1S/C22H14BrN3O4/c23-15-9-11-16(12-10-15)24-19(17-5-1-3-7-21(17)25(27)28)13-14-20(24)18-6-2-4-8-22(18)26(29)30/h1-14H. The van der Waals surface area contributed by atoms with Crippen molar-refractivity contribution in [2.24, 2.45) is 0 Å². The molecule has 7 nitrogen and oxygen atoms in total. The van der Waals surface area contributed by atoms with Gasteiger partial charge in [-0.1, -0.05) is 40.2 Å². The molecule has 1 aromatic heterocycles. The predicted molar refractivity (Wildman–Crippen MR) is 118 cm³/mol. The van der Waals surface area contributed by atoms with Gasteiger partial charge in [0.1, 0.15) is 0 Å². The summed E-state index contributed by atoms with van der Waals surface area (Å²) in [5, 5.41) is 23.2. The molecule has 30 heavy (non-hydrogen) atoms. The van der Waals surface area contributed by atoms with Crippen LogP contribution in [-0.4, -0.2) is 14.4 Å². The maximum atomic E-state index is 11.6. The third kappa shape index (κ3) is 3.48. The highest BCUT2D eigenvalue weighted by atomic mass is 79.9. The van der Waals surface area contributed by atoms with Gasteiger partial charge in [0.15, 0.2) is 0 Å². The molecule has 0 aliphatic carbocycles. The number of aromatic nitrogens is 1. The minimum absolute atomic E-state index is 0.0388. The van der Waals surface area contributed by atoms with Crippen LogP contribution >= 0.6 is 15.9 Å². The number of nitrogens with zero attached hydrogens (tertiary/aromatic N) is 3. The molecule has 1 heterocycles. The average Bonchev–Trinajstić information content (AvgIpc) is 3.19. The first-order chi connectivity index (χ1) is 14.5. The summed E-state index contributed by atoms with van der Waals surface area (Å²) >= 11 is 3.41. The lowest BCUT2D eigenvalue weighted by Gasteiger charge is -2.15. The summed E-state index contributed by atoms with van der Waals surface area (Å²) < 4.78 is 2.68. The van der Waals surface area contributed by atoms with E-state index in [0.29, 0.717) is 22.5 Å². The monoisotopic (exact) mass is 463 g/mol. The van der Waals surface area contributed by atoms with Crippen LogP contribution in [0.25, 0.3) is 28.2 Å². The van der Waals surface area contributed by atoms with Crippen LogP contribution in [0, 0.1) is 20.2 Å². The van der Waals surface area contributed by atoms with Crippen molar-refractivity contribution in [3.8, 4) is 28.2 Å². The van der Waals surface area contributed by atoms with Crippen molar-refractivity contribution in [2.75, 3.05) is 0 Å². The van der Waals surface area contributed by atoms with Gasteiger partial charge in [0.2, 0.25) is 0 Å². The van der Waals surface area contributed by atoms with Gasteiger partial charge in [-0.25, -0.2) is 0 Å². The topological polar surface area (TPSA) is 91.2 Å². The lowest BCUT2D eigenvalue weighted by Crippen LogP contribution is -2.02. The highest BCUT2D eigenvalue weighted by Gasteiger charge is 2.23. The molecule has 0 amide bonds. The summed E-state index contributed by atoms with van der Waals surface area (Å²) in [6.07, 6.45) is 0. The van der Waals surface area contributed by atoms with Crippen LogP contribution in [0.15, 0.2) is 89.4 Å². The van der Waals surface area contributed by atoms with Crippen LogP contribution in [0.1, 0.15) is 0 Å². The van der Waals surface area contributed by atoms with Gasteiger partial charge in [0.25, 0.3) is 11.4 Å². The Morgan fingerprint density at radius 2 is 1.07 bits per heavy atom. The number of halogens is 1. The quantitative estimate of drug-likeness (QED) is 0.253. The third-order valence-electron chi connectivity index (χ3n) is 4.72. The number of rotatable bonds is 5. The van der Waals surface area contributed by atoms with Crippen LogP contribution in [0.4, 0.5) is 11.4 Å². The fourth-order valence-corrected chi connectivity index (χ4v) is 3.69. The Bertz CT molecular complexity index is 1190. The van der Waals surface area contributed by atoms with E-state index in [2.05, 4.69) is 15.9 Å². The molecule has 0 atom stereocenters. The largest absolute Gasteiger partial charge is 0.309 e. The van der Waals surface area contributed by atoms with Gasteiger partial charge in [0.05, 0.1) is 32.4 Å². The number of hydrogen-bond acceptors (Lipinski definition) is 4. The zero-order chi connectivity index (χ0) is 21.3. The Morgan fingerprint density at radius 1 is 0.633 bits per heavy atom. The van der Waals surface area contributed by atoms with E-state index in [1.165, 1.54) is 12.1 Å². The van der Waals surface area contributed by atoms with E-state index < -0.39 is 9.85 Å². The smallest absolute Gasteiger partial charge is 0.278 e. The molecular formula is C22H14BrN3O4. The van der Waals surface area contributed by atoms with Crippen molar-refractivity contribution in [2.45, 2.75) is 0 Å². The first kappa shape index (κ1) is 19.5. The van der Waals surface area contributed by atoms with Gasteiger partial charge >= 0.3 is 0 Å². The molecule has 0 aliphatic heterocycles. The van der Waals surface area contributed by atoms with Crippen LogP contribution in [0.5, 0.6) is 0 Å². The van der Waals surface area contributed by atoms with Crippen LogP contribution < -0.4 is 0 Å². The molecule has 8 heteroatoms. The molecule has 0 N–H and O–H groups in total. The summed E-state index contributed by atoms with van der Waals surface area (Å²) in [4.78, 5) is 22.4. The van der Waals surface area contributed by atoms with Crippen molar-refractivity contribution in [1.82, 2.24) is 4.57 Å². The molecule has 0 saturated carbocycles. The molecule has 4 rings (SSSR count). The Morgan fingerprint density at radius 3 is 1.50 bits per heavy atom. The van der Waals surface area contributed by atoms with Crippen LogP contribution in [-0.2, 0) is 0 Å². The van der Waals surface area contributed by atoms with Crippen LogP contribution in [0.2, 0.25) is 0 Å². The van der Waals surface area contributed by atoms with Crippen molar-refractivity contribution in [1.29, 1.82) is 0 Å². The van der Waals surface area contributed by atoms with Crippen molar-refractivity contribution in [3.63, 3.8) is 0 Å². The van der Waals surface area contributed by atoms with E-state index in [0.717, 1.165) is 10.2 Å². The molecule has 4 aromatic rings. The summed E-state index contributed by atoms with van der Waals surface area (Å²) in [5.74, 6) is 0. The van der Waals surface area contributed by atoms with E-state index in [9.17, 15) is 20.2 Å². The minimum atomic E-state index is -0.432. The molecule has 3 aromatic carbocycles. The zero-order valence-electron chi connectivity index (χ0n) is 15.4. The van der Waals surface area contributed by atoms with Crippen molar-refractivity contribution < 1.29 is 9.85 Å². The highest BCUT2D eigenvalue weighted by molar-refractivity contribution is 9.10. The highest BCUT2D eigenvalue weighted by Crippen LogP contribution is 2.39. The number of nitro benzene ring substituents is 2. The third-order valence-corrected chi connectivity index (χ3v) is 5.25. The number of hydrogen-bond donors (Lipinski definition) is 0. The Labute approximate surface area is 179 Å². The second-order valence-electron chi connectivity index (χ2n) is 6.46. The van der Waals surface area contributed by atoms with Gasteiger partial charge in [0, 0.05) is 22.3 Å². The second-order valence-corrected chi connectivity index (χ2v) is 7.38. The Kier molecular flexibility index (Phi) is 5.16. The van der Waals surface area contributed by atoms with E-state index >= 15 is 0 Å². The number of nitro groups is 2. The van der Waals surface area contributed by atoms with E-state index in [-0.39, 0.29) is 11.4 Å². The average molecular weight is 464 g/mol. The fourth-order valence-electron chi connectivity index (χ4n) is 3.42. The van der Waals surface area contributed by atoms with Gasteiger partial charge in [-0.05, 0) is 48.5 Å². The SMILES string of the molecule is O=[N+]([O-])c1ccccc1-c1ccc(-c2ccccc2[N+](=O)[O-])n1-c1ccc(Br)cc1. The van der Waals surface area contributed by atoms with Crippen molar-refractivity contribution >= 4 is 27.3 Å². The Balaban J connectivity index is 2.05. The Hall–Kier alpha value is -3.78. The maximum Gasteiger partial charge on any atom is 0.278 e. The molecule has 0 unspecified atom stereocenters. The molecular weight excluding hydrogens is 450 g/mol. The second kappa shape index (κ2) is 7.92. The van der Waals surface area contributed by atoms with Gasteiger partial charge in [-0.2, -0.15) is 0 Å². The normalized spacial score (nSPS) is 10.7. The van der Waals surface area contributed by atoms with Gasteiger partial charge in [-0.3, -0.25) is 20.2 Å². The molecule has 0 aliphatic rings. The summed E-state index contributed by atoms with van der Waals surface area (Å²) in [7, 11) is 0. The zero-order valence-corrected chi connectivity index (χ0v) is 17.0. The summed E-state index contributed by atoms with van der Waals surface area (Å²) in [6, 6.07) is 23.8. The molecule has 0 bridgehead atoms. The van der Waals surface area contributed by atoms with E-state index in [1.807, 2.05) is 24.3 Å². The summed E-state index contributed by atoms with van der Waals surface area (Å²) in [5.41, 5.74) is 2.64. The maximum absolute atomic E-state index is 11.6. The van der Waals surface area contributed by atoms with E-state index in [1.54, 1.807) is 53.1 Å². The first-order valence-electron chi connectivity index (χ1n) is 8.92. The van der Waals surface area contributed by atoms with Gasteiger partial charge < -0.3 is 4.57 Å². The number of para-hydroxylation sites is 2. The van der Waals surface area contributed by atoms with Gasteiger partial charge in [-0.15, -0.1) is 0 Å². The molecule has 0 saturated heterocycles. The molecule has 0 spiro atoms. The fraction of sp³-hybridized carbons (Fsp3) is 0. The first-order valence-corrected chi connectivity index (χ1v) is 9.72. The molecule has 0 fully saturated rings. The number of benzene rings is 3. The predicted octanol–water partition coefficient (Wildman–Crippen LogP) is 6.39. The van der Waals surface area contributed by atoms with Crippen LogP contribution in [0.3, 0.4) is 0 Å². The van der Waals surface area contributed by atoms with Crippen molar-refractivity contribution in [3.05, 3.63) is 110 Å². The summed E-state index contributed by atoms with van der Waals surface area (Å²) in [6.45, 7) is 0. The molecule has 0 radical (unpaired) electrons. The lowest BCUT2D eigenvalue weighted by molar-refractivity contribution is -0.384. The minimum Gasteiger partial charge on any atom is -0.309 e. The van der Waals surface area contributed by atoms with E-state index in [4.69, 9.17) is 0 Å². The molecule has 148 valence electrons. The lowest BCUT2D eigenvalue weighted by atomic mass is 10.1.